The first-order valence-electron chi connectivity index (χ1n) is 4.13. The first kappa shape index (κ1) is 10.7. The summed E-state index contributed by atoms with van der Waals surface area (Å²) in [4.78, 5) is 0. The third-order valence-corrected chi connectivity index (χ3v) is 2.12. The van der Waals surface area contributed by atoms with Gasteiger partial charge in [-0.05, 0) is 0 Å². The van der Waals surface area contributed by atoms with Crippen LogP contribution >= 0.6 is 0 Å². The second kappa shape index (κ2) is 7.78. The quantitative estimate of drug-likeness (QED) is 0.566. The van der Waals surface area contributed by atoms with Crippen molar-refractivity contribution in [2.24, 2.45) is 5.92 Å². The molecule has 0 fully saturated rings. The molecular formula is C8H17OTi. The third-order valence-electron chi connectivity index (χ3n) is 1.86. The van der Waals surface area contributed by atoms with Crippen molar-refractivity contribution in [2.75, 3.05) is 6.61 Å². The van der Waals surface area contributed by atoms with Crippen molar-refractivity contribution in [3.05, 3.63) is 0 Å². The molecule has 1 atom stereocenters. The molecule has 1 nitrogen and oxygen atoms in total. The Morgan fingerprint density at radius 3 is 2.50 bits per heavy atom. The molecule has 59 valence electrons. The maximum atomic E-state index is 5.09. The fraction of sp³-hybridized carbons (Fsp3) is 1.00. The van der Waals surface area contributed by atoms with Gasteiger partial charge >= 0.3 is 76.2 Å². The number of unbranched alkanes of at least 4 members (excludes halogenated alkanes) is 1. The summed E-state index contributed by atoms with van der Waals surface area (Å²) in [6, 6.07) is 0. The molecule has 0 radical (unpaired) electrons. The monoisotopic (exact) mass is 177 g/mol. The summed E-state index contributed by atoms with van der Waals surface area (Å²) in [7, 11) is 0. The molecule has 0 saturated heterocycles. The van der Waals surface area contributed by atoms with E-state index in [0.29, 0.717) is 0 Å². The Hall–Kier alpha value is 0.674. The van der Waals surface area contributed by atoms with Gasteiger partial charge < -0.3 is 0 Å². The van der Waals surface area contributed by atoms with E-state index in [-0.39, 0.29) is 0 Å². The molecule has 0 heterocycles. The van der Waals surface area contributed by atoms with Gasteiger partial charge in [0, 0.05) is 0 Å². The molecule has 0 saturated carbocycles. The van der Waals surface area contributed by atoms with Crippen LogP contribution in [0.3, 0.4) is 0 Å². The molecule has 0 aromatic carbocycles. The van der Waals surface area contributed by atoms with Crippen molar-refractivity contribution in [1.29, 1.82) is 0 Å². The van der Waals surface area contributed by atoms with E-state index in [1.165, 1.54) is 25.7 Å². The minimum absolute atomic E-state index is 0.796. The van der Waals surface area contributed by atoms with Crippen LogP contribution in [0.2, 0.25) is 0 Å². The molecule has 0 spiro atoms. The third kappa shape index (κ3) is 5.46. The number of hydrogen-bond acceptors (Lipinski definition) is 1. The molecule has 0 aliphatic heterocycles. The van der Waals surface area contributed by atoms with Crippen molar-refractivity contribution in [2.45, 2.75) is 39.5 Å². The van der Waals surface area contributed by atoms with Crippen molar-refractivity contribution < 1.29 is 24.1 Å². The standard InChI is InChI=1S/C8H17O.Ti/c1-3-5-6-8(4-2)7-9;/h8H,3-7H2,1-2H3;/q-1;+1. The van der Waals surface area contributed by atoms with Crippen LogP contribution in [-0.2, 0) is 24.1 Å². The Morgan fingerprint density at radius 1 is 1.40 bits per heavy atom. The van der Waals surface area contributed by atoms with E-state index in [9.17, 15) is 0 Å². The fourth-order valence-electron chi connectivity index (χ4n) is 1.02. The van der Waals surface area contributed by atoms with Gasteiger partial charge in [-0.25, -0.2) is 0 Å². The molecule has 0 rings (SSSR count). The summed E-state index contributed by atoms with van der Waals surface area (Å²) in [5, 5.41) is 0. The Labute approximate surface area is 76.4 Å². The molecule has 0 bridgehead atoms. The van der Waals surface area contributed by atoms with Crippen LogP contribution in [0.15, 0.2) is 0 Å². The molecule has 0 aliphatic carbocycles. The van der Waals surface area contributed by atoms with Crippen molar-refractivity contribution in [1.82, 2.24) is 0 Å². The Kier molecular flexibility index (Phi) is 8.30. The predicted molar refractivity (Wildman–Crippen MR) is 39.3 cm³/mol. The van der Waals surface area contributed by atoms with Crippen LogP contribution in [0.5, 0.6) is 0 Å². The molecule has 10 heavy (non-hydrogen) atoms. The summed E-state index contributed by atoms with van der Waals surface area (Å²) < 4.78 is 5.09. The van der Waals surface area contributed by atoms with E-state index in [1.54, 1.807) is 20.8 Å². The first-order chi connectivity index (χ1) is 4.85. The molecule has 0 amide bonds. The topological polar surface area (TPSA) is 9.23 Å². The summed E-state index contributed by atoms with van der Waals surface area (Å²) in [5.41, 5.74) is 0. The van der Waals surface area contributed by atoms with E-state index in [2.05, 4.69) is 13.8 Å². The Balaban J connectivity index is 3.21. The fourth-order valence-corrected chi connectivity index (χ4v) is 1.38. The van der Waals surface area contributed by atoms with Gasteiger partial charge in [0.15, 0.2) is 0 Å². The Morgan fingerprint density at radius 2 is 2.10 bits per heavy atom. The SMILES string of the molecule is CCCCC(CC)C[O][Ti]. The zero-order chi connectivity index (χ0) is 7.82. The average Bonchev–Trinajstić information content (AvgIpc) is 1.98. The van der Waals surface area contributed by atoms with Gasteiger partial charge in [0.05, 0.1) is 0 Å². The molecule has 0 aromatic heterocycles. The van der Waals surface area contributed by atoms with Gasteiger partial charge in [-0.1, -0.05) is 0 Å². The van der Waals surface area contributed by atoms with Crippen LogP contribution < -0.4 is 0 Å². The summed E-state index contributed by atoms with van der Waals surface area (Å²) in [5.74, 6) is 0.796. The zero-order valence-electron chi connectivity index (χ0n) is 7.02. The minimum atomic E-state index is 0.796. The maximum absolute atomic E-state index is 5.09. The van der Waals surface area contributed by atoms with Gasteiger partial charge in [0.2, 0.25) is 0 Å². The Bertz CT molecular complexity index is 66.3. The van der Waals surface area contributed by atoms with E-state index >= 15 is 0 Å². The van der Waals surface area contributed by atoms with Crippen LogP contribution in [-0.4, -0.2) is 6.61 Å². The van der Waals surface area contributed by atoms with Crippen LogP contribution in [0.4, 0.5) is 0 Å². The summed E-state index contributed by atoms with van der Waals surface area (Å²) >= 11 is 1.79. The molecule has 0 N–H and O–H groups in total. The van der Waals surface area contributed by atoms with E-state index in [4.69, 9.17) is 3.32 Å². The van der Waals surface area contributed by atoms with E-state index in [0.717, 1.165) is 12.5 Å². The van der Waals surface area contributed by atoms with Gasteiger partial charge in [-0.3, -0.25) is 0 Å². The van der Waals surface area contributed by atoms with Crippen molar-refractivity contribution >= 4 is 0 Å². The number of hydrogen-bond donors (Lipinski definition) is 0. The van der Waals surface area contributed by atoms with Gasteiger partial charge in [-0.2, -0.15) is 0 Å². The predicted octanol–water partition coefficient (Wildman–Crippen LogP) is 2.68. The van der Waals surface area contributed by atoms with Crippen LogP contribution in [0.25, 0.3) is 0 Å². The van der Waals surface area contributed by atoms with Gasteiger partial charge in [0.25, 0.3) is 0 Å². The first-order valence-corrected chi connectivity index (χ1v) is 4.77. The van der Waals surface area contributed by atoms with Crippen molar-refractivity contribution in [3.63, 3.8) is 0 Å². The molecule has 0 aliphatic rings. The second-order valence-corrected chi connectivity index (χ2v) is 3.18. The van der Waals surface area contributed by atoms with E-state index < -0.39 is 0 Å². The molecule has 2 heteroatoms. The molecular weight excluding hydrogens is 160 g/mol. The summed E-state index contributed by atoms with van der Waals surface area (Å²) in [6.07, 6.45) is 5.25. The molecule has 1 unspecified atom stereocenters. The van der Waals surface area contributed by atoms with Gasteiger partial charge in [0.1, 0.15) is 0 Å². The van der Waals surface area contributed by atoms with Crippen LogP contribution in [0, 0.1) is 5.92 Å². The van der Waals surface area contributed by atoms with E-state index in [1.807, 2.05) is 0 Å². The van der Waals surface area contributed by atoms with Gasteiger partial charge in [-0.15, -0.1) is 0 Å². The zero-order valence-corrected chi connectivity index (χ0v) is 8.58. The average molecular weight is 177 g/mol. The molecule has 0 aromatic rings. The van der Waals surface area contributed by atoms with Crippen LogP contribution in [0.1, 0.15) is 39.5 Å². The summed E-state index contributed by atoms with van der Waals surface area (Å²) in [6.45, 7) is 5.41. The number of rotatable bonds is 6. The second-order valence-electron chi connectivity index (χ2n) is 2.73. The van der Waals surface area contributed by atoms with Crippen molar-refractivity contribution in [3.8, 4) is 0 Å². The normalized spacial score (nSPS) is 13.3.